The highest BCUT2D eigenvalue weighted by Crippen LogP contribution is 2.33. The van der Waals surface area contributed by atoms with Gasteiger partial charge in [0.2, 0.25) is 0 Å². The zero-order chi connectivity index (χ0) is 22.6. The van der Waals surface area contributed by atoms with E-state index in [-0.39, 0.29) is 6.61 Å². The fourth-order valence-electron chi connectivity index (χ4n) is 2.75. The van der Waals surface area contributed by atoms with Gasteiger partial charge in [-0.2, -0.15) is 5.26 Å². The molecule has 0 amide bonds. The number of nitriles is 1. The molecular formula is C24H24N2O3S2. The maximum atomic E-state index is 10.8. The molecule has 0 aromatic heterocycles. The third-order valence-corrected chi connectivity index (χ3v) is 5.14. The van der Waals surface area contributed by atoms with Crippen molar-refractivity contribution in [2.75, 3.05) is 19.9 Å². The van der Waals surface area contributed by atoms with E-state index in [1.807, 2.05) is 61.8 Å². The summed E-state index contributed by atoms with van der Waals surface area (Å²) in [6.07, 6.45) is 2.03. The first-order chi connectivity index (χ1) is 15.0. The Morgan fingerprint density at radius 1 is 1.16 bits per heavy atom. The van der Waals surface area contributed by atoms with E-state index in [1.54, 1.807) is 30.0 Å². The zero-order valence-corrected chi connectivity index (χ0v) is 19.0. The molecule has 0 aliphatic heterocycles. The number of carboxylic acid groups (broad SMARTS) is 1. The van der Waals surface area contributed by atoms with E-state index in [1.165, 1.54) is 0 Å². The van der Waals surface area contributed by atoms with Crippen molar-refractivity contribution in [2.45, 2.75) is 16.3 Å². The average molecular weight is 453 g/mol. The van der Waals surface area contributed by atoms with E-state index >= 15 is 0 Å². The van der Waals surface area contributed by atoms with Crippen molar-refractivity contribution in [3.8, 4) is 22.9 Å². The number of ether oxygens (including phenoxy) is 1. The van der Waals surface area contributed by atoms with Gasteiger partial charge in [-0.15, -0.1) is 24.4 Å². The minimum Gasteiger partial charge on any atom is -0.481 e. The fourth-order valence-corrected chi connectivity index (χ4v) is 3.43. The summed E-state index contributed by atoms with van der Waals surface area (Å²) in [5.74, 6) is -0.399. The molecule has 3 aromatic rings. The number of rotatable bonds is 7. The minimum absolute atomic E-state index is 0.347. The number of thioether (sulfide) groups is 1. The monoisotopic (exact) mass is 452 g/mol. The maximum Gasteiger partial charge on any atom is 0.341 e. The molecule has 0 atom stereocenters. The molecule has 0 fully saturated rings. The van der Waals surface area contributed by atoms with Gasteiger partial charge >= 0.3 is 5.97 Å². The molecule has 0 spiro atoms. The van der Waals surface area contributed by atoms with E-state index in [4.69, 9.17) is 15.1 Å². The van der Waals surface area contributed by atoms with Crippen LogP contribution in [0.5, 0.6) is 5.75 Å². The average Bonchev–Trinajstić information content (AvgIpc) is 2.78. The molecule has 0 heterocycles. The van der Waals surface area contributed by atoms with Crippen LogP contribution in [0, 0.1) is 11.3 Å². The van der Waals surface area contributed by atoms with Crippen molar-refractivity contribution in [3.05, 3.63) is 77.9 Å². The predicted molar refractivity (Wildman–Crippen MR) is 128 cm³/mol. The number of nitrogens with one attached hydrogen (secondary N) is 1. The molecule has 0 radical (unpaired) electrons. The van der Waals surface area contributed by atoms with Crippen LogP contribution in [0.4, 0.5) is 0 Å². The first-order valence-corrected chi connectivity index (χ1v) is 11.1. The van der Waals surface area contributed by atoms with E-state index in [9.17, 15) is 4.79 Å². The summed E-state index contributed by atoms with van der Waals surface area (Å²) in [6.45, 7) is 0.398. The van der Waals surface area contributed by atoms with Gasteiger partial charge in [0.15, 0.2) is 6.61 Å². The van der Waals surface area contributed by atoms with E-state index in [2.05, 4.69) is 24.0 Å². The number of thiol groups is 1. The molecule has 5 nitrogen and oxygen atoms in total. The van der Waals surface area contributed by atoms with Crippen LogP contribution in [0.2, 0.25) is 0 Å². The second kappa shape index (κ2) is 12.7. The van der Waals surface area contributed by atoms with Crippen LogP contribution in [-0.2, 0) is 11.3 Å². The van der Waals surface area contributed by atoms with Gasteiger partial charge in [-0.25, -0.2) is 4.79 Å². The third-order valence-electron chi connectivity index (χ3n) is 4.13. The molecule has 0 aliphatic rings. The fraction of sp³-hybridized carbons (Fsp3) is 0.167. The van der Waals surface area contributed by atoms with Crippen LogP contribution in [0.15, 0.2) is 76.5 Å². The second-order valence-electron chi connectivity index (χ2n) is 6.44. The lowest BCUT2D eigenvalue weighted by molar-refractivity contribution is -0.139. The molecule has 31 heavy (non-hydrogen) atoms. The lowest BCUT2D eigenvalue weighted by Gasteiger charge is -2.13. The SMILES string of the molecule is CNCc1ccc(OCC(=O)O)c(-c2cccc(SC)c2)c1.N#Cc1cccc(S)c1. The Morgan fingerprint density at radius 2 is 1.94 bits per heavy atom. The van der Waals surface area contributed by atoms with Crippen LogP contribution in [-0.4, -0.2) is 31.0 Å². The van der Waals surface area contributed by atoms with Crippen molar-refractivity contribution in [2.24, 2.45) is 0 Å². The van der Waals surface area contributed by atoms with Crippen molar-refractivity contribution >= 4 is 30.4 Å². The summed E-state index contributed by atoms with van der Waals surface area (Å²) >= 11 is 5.73. The van der Waals surface area contributed by atoms with Crippen molar-refractivity contribution in [1.29, 1.82) is 5.26 Å². The summed E-state index contributed by atoms with van der Waals surface area (Å²) in [7, 11) is 1.89. The Morgan fingerprint density at radius 3 is 2.55 bits per heavy atom. The summed E-state index contributed by atoms with van der Waals surface area (Å²) in [6, 6.07) is 23.1. The molecule has 3 aromatic carbocycles. The topological polar surface area (TPSA) is 82.3 Å². The Labute approximate surface area is 192 Å². The first kappa shape index (κ1) is 24.4. The second-order valence-corrected chi connectivity index (χ2v) is 7.83. The van der Waals surface area contributed by atoms with Gasteiger partial charge < -0.3 is 15.2 Å². The molecular weight excluding hydrogens is 428 g/mol. The third kappa shape index (κ3) is 8.02. The van der Waals surface area contributed by atoms with Gasteiger partial charge in [0.1, 0.15) is 5.75 Å². The summed E-state index contributed by atoms with van der Waals surface area (Å²) in [5, 5.41) is 20.3. The normalized spacial score (nSPS) is 9.87. The molecule has 0 aliphatic carbocycles. The van der Waals surface area contributed by atoms with Crippen LogP contribution in [0.25, 0.3) is 11.1 Å². The van der Waals surface area contributed by atoms with Gasteiger partial charge in [0.05, 0.1) is 11.6 Å². The molecule has 2 N–H and O–H groups in total. The van der Waals surface area contributed by atoms with Crippen LogP contribution in [0.1, 0.15) is 11.1 Å². The zero-order valence-electron chi connectivity index (χ0n) is 17.3. The van der Waals surface area contributed by atoms with Crippen molar-refractivity contribution < 1.29 is 14.6 Å². The molecule has 160 valence electrons. The molecule has 3 rings (SSSR count). The molecule has 0 unspecified atom stereocenters. The number of carboxylic acids is 1. The Hall–Kier alpha value is -2.92. The Kier molecular flexibility index (Phi) is 9.98. The van der Waals surface area contributed by atoms with E-state index in [0.29, 0.717) is 11.3 Å². The summed E-state index contributed by atoms with van der Waals surface area (Å²) < 4.78 is 5.43. The van der Waals surface area contributed by atoms with Gasteiger partial charge in [-0.3, -0.25) is 0 Å². The minimum atomic E-state index is -0.983. The van der Waals surface area contributed by atoms with Gasteiger partial charge in [0.25, 0.3) is 0 Å². The lowest BCUT2D eigenvalue weighted by Crippen LogP contribution is -2.10. The number of carbonyl (C=O) groups is 1. The van der Waals surface area contributed by atoms with Gasteiger partial charge in [-0.05, 0) is 66.9 Å². The molecule has 0 saturated carbocycles. The first-order valence-electron chi connectivity index (χ1n) is 9.42. The van der Waals surface area contributed by atoms with E-state index < -0.39 is 5.97 Å². The summed E-state index contributed by atoms with van der Waals surface area (Å²) in [4.78, 5) is 12.7. The van der Waals surface area contributed by atoms with Crippen LogP contribution in [0.3, 0.4) is 0 Å². The number of benzene rings is 3. The smallest absolute Gasteiger partial charge is 0.341 e. The van der Waals surface area contributed by atoms with Gasteiger partial charge in [-0.1, -0.05) is 24.3 Å². The van der Waals surface area contributed by atoms with Gasteiger partial charge in [0, 0.05) is 21.9 Å². The molecule has 7 heteroatoms. The highest BCUT2D eigenvalue weighted by molar-refractivity contribution is 7.98. The van der Waals surface area contributed by atoms with Crippen LogP contribution < -0.4 is 10.1 Å². The van der Waals surface area contributed by atoms with Crippen molar-refractivity contribution in [3.63, 3.8) is 0 Å². The number of hydrogen-bond acceptors (Lipinski definition) is 6. The standard InChI is InChI=1S/C17H19NO3S.C7H5NS/c1-18-10-12-6-7-16(21-11-17(19)20)15(8-12)13-4-3-5-14(9-13)22-2;8-5-6-2-1-3-7(9)4-6/h3-9,18H,10-11H2,1-2H3,(H,19,20);1-4,9H. The molecule has 0 bridgehead atoms. The number of aliphatic carboxylic acids is 1. The van der Waals surface area contributed by atoms with E-state index in [0.717, 1.165) is 33.0 Å². The number of nitrogens with zero attached hydrogens (tertiary/aromatic N) is 1. The largest absolute Gasteiger partial charge is 0.481 e. The Balaban J connectivity index is 0.000000316. The highest BCUT2D eigenvalue weighted by Gasteiger charge is 2.10. The quantitative estimate of drug-likeness (QED) is 0.342. The summed E-state index contributed by atoms with van der Waals surface area (Å²) in [5.41, 5.74) is 3.70. The molecule has 0 saturated heterocycles. The maximum absolute atomic E-state index is 10.8. The lowest BCUT2D eigenvalue weighted by atomic mass is 10.0. The number of hydrogen-bond donors (Lipinski definition) is 3. The Bertz CT molecular complexity index is 1060. The predicted octanol–water partition coefficient (Wildman–Crippen LogP) is 5.11. The van der Waals surface area contributed by atoms with Crippen molar-refractivity contribution in [1.82, 2.24) is 5.32 Å². The highest BCUT2D eigenvalue weighted by atomic mass is 32.2. The van der Waals surface area contributed by atoms with Crippen LogP contribution >= 0.6 is 24.4 Å².